The lowest BCUT2D eigenvalue weighted by Crippen LogP contribution is -2.28. The summed E-state index contributed by atoms with van der Waals surface area (Å²) in [6.45, 7) is 11.7. The molecular formula is C26H35NO4S. The van der Waals surface area contributed by atoms with Gasteiger partial charge in [-0.1, -0.05) is 41.0 Å². The molecule has 1 aromatic heterocycles. The van der Waals surface area contributed by atoms with Crippen LogP contribution in [-0.4, -0.2) is 25.6 Å². The number of benzene rings is 1. The Balaban J connectivity index is 1.82. The summed E-state index contributed by atoms with van der Waals surface area (Å²) >= 11 is 1.52. The molecule has 1 unspecified atom stereocenters. The number of anilines is 1. The lowest BCUT2D eigenvalue weighted by atomic mass is 9.69. The maximum Gasteiger partial charge on any atom is 0.341 e. The Morgan fingerprint density at radius 2 is 1.91 bits per heavy atom. The molecule has 174 valence electrons. The highest BCUT2D eigenvalue weighted by Crippen LogP contribution is 2.45. The number of nitrogens with one attached hydrogen (secondary N) is 1. The van der Waals surface area contributed by atoms with Gasteiger partial charge < -0.3 is 14.8 Å². The minimum atomic E-state index is -0.386. The number of carbonyl (C=O) groups is 2. The molecule has 3 rings (SSSR count). The van der Waals surface area contributed by atoms with Gasteiger partial charge in [-0.3, -0.25) is 4.79 Å². The molecular weight excluding hydrogens is 422 g/mol. The van der Waals surface area contributed by atoms with E-state index in [1.54, 1.807) is 24.3 Å². The van der Waals surface area contributed by atoms with Crippen molar-refractivity contribution in [3.63, 3.8) is 0 Å². The first kappa shape index (κ1) is 24.3. The Labute approximate surface area is 195 Å². The first-order chi connectivity index (χ1) is 15.2. The van der Waals surface area contributed by atoms with Crippen LogP contribution in [0.2, 0.25) is 0 Å². The molecule has 0 fully saturated rings. The third-order valence-electron chi connectivity index (χ3n) is 6.60. The van der Waals surface area contributed by atoms with Gasteiger partial charge in [0, 0.05) is 10.4 Å². The van der Waals surface area contributed by atoms with Gasteiger partial charge in [0.15, 0.2) is 0 Å². The van der Waals surface area contributed by atoms with E-state index in [2.05, 4.69) is 39.9 Å². The molecule has 0 aliphatic heterocycles. The molecule has 0 spiro atoms. The van der Waals surface area contributed by atoms with Crippen LogP contribution in [0.1, 0.15) is 78.6 Å². The van der Waals surface area contributed by atoms with Gasteiger partial charge in [0.05, 0.1) is 19.3 Å². The second kappa shape index (κ2) is 10.1. The predicted molar refractivity (Wildman–Crippen MR) is 130 cm³/mol. The van der Waals surface area contributed by atoms with Crippen LogP contribution in [-0.2, 0) is 17.6 Å². The summed E-state index contributed by atoms with van der Waals surface area (Å²) in [5.74, 6) is 1.10. The van der Waals surface area contributed by atoms with Crippen molar-refractivity contribution < 1.29 is 19.1 Å². The third kappa shape index (κ3) is 5.34. The van der Waals surface area contributed by atoms with Crippen LogP contribution in [0, 0.1) is 17.3 Å². The zero-order chi connectivity index (χ0) is 23.5. The van der Waals surface area contributed by atoms with Crippen LogP contribution >= 0.6 is 11.3 Å². The average Bonchev–Trinajstić information content (AvgIpc) is 3.14. The summed E-state index contributed by atoms with van der Waals surface area (Å²) in [6, 6.07) is 7.09. The summed E-state index contributed by atoms with van der Waals surface area (Å²) in [6.07, 6.45) is 3.92. The summed E-state index contributed by atoms with van der Waals surface area (Å²) in [5.41, 5.74) is 2.33. The Morgan fingerprint density at radius 3 is 2.50 bits per heavy atom. The van der Waals surface area contributed by atoms with E-state index in [4.69, 9.17) is 9.47 Å². The number of hydrogen-bond donors (Lipinski definition) is 1. The molecule has 2 aromatic rings. The fourth-order valence-electron chi connectivity index (χ4n) is 4.09. The van der Waals surface area contributed by atoms with E-state index in [0.717, 1.165) is 37.0 Å². The molecule has 1 aromatic carbocycles. The first-order valence-electron chi connectivity index (χ1n) is 11.4. The highest BCUT2D eigenvalue weighted by Gasteiger charge is 2.35. The van der Waals surface area contributed by atoms with Crippen LogP contribution in [0.25, 0.3) is 0 Å². The fourth-order valence-corrected chi connectivity index (χ4v) is 5.40. The number of hydrogen-bond acceptors (Lipinski definition) is 5. The van der Waals surface area contributed by atoms with Gasteiger partial charge in [-0.25, -0.2) is 4.79 Å². The van der Waals surface area contributed by atoms with Crippen LogP contribution in [0.4, 0.5) is 5.00 Å². The summed E-state index contributed by atoms with van der Waals surface area (Å²) in [7, 11) is 1.39. The number of methoxy groups -OCH3 is 1. The van der Waals surface area contributed by atoms with Gasteiger partial charge in [0.2, 0.25) is 0 Å². The molecule has 1 aliphatic rings. The van der Waals surface area contributed by atoms with E-state index in [-0.39, 0.29) is 17.3 Å². The smallest absolute Gasteiger partial charge is 0.341 e. The molecule has 0 radical (unpaired) electrons. The second-order valence-electron chi connectivity index (χ2n) is 9.66. The van der Waals surface area contributed by atoms with Gasteiger partial charge in [-0.05, 0) is 66.3 Å². The number of carbonyl (C=O) groups excluding carboxylic acids is 2. The van der Waals surface area contributed by atoms with Gasteiger partial charge in [0.25, 0.3) is 5.91 Å². The third-order valence-corrected chi connectivity index (χ3v) is 7.77. The summed E-state index contributed by atoms with van der Waals surface area (Å²) in [5, 5.41) is 3.56. The Hall–Kier alpha value is -2.34. The average molecular weight is 458 g/mol. The lowest BCUT2D eigenvalue weighted by Gasteiger charge is -2.36. The van der Waals surface area contributed by atoms with Crippen LogP contribution in [0.15, 0.2) is 24.3 Å². The number of fused-ring (bicyclic) bond motifs is 1. The van der Waals surface area contributed by atoms with Crippen molar-refractivity contribution >= 4 is 28.2 Å². The Bertz CT molecular complexity index is 959. The Kier molecular flexibility index (Phi) is 7.65. The molecule has 0 bridgehead atoms. The zero-order valence-corrected chi connectivity index (χ0v) is 20.9. The van der Waals surface area contributed by atoms with Crippen molar-refractivity contribution in [3.05, 3.63) is 45.8 Å². The quantitative estimate of drug-likeness (QED) is 0.468. The highest BCUT2D eigenvalue weighted by molar-refractivity contribution is 7.17. The van der Waals surface area contributed by atoms with E-state index >= 15 is 0 Å². The molecule has 1 heterocycles. The zero-order valence-electron chi connectivity index (χ0n) is 20.0. The van der Waals surface area contributed by atoms with Crippen molar-refractivity contribution in [1.29, 1.82) is 0 Å². The summed E-state index contributed by atoms with van der Waals surface area (Å²) in [4.78, 5) is 26.7. The van der Waals surface area contributed by atoms with Crippen LogP contribution < -0.4 is 10.1 Å². The van der Waals surface area contributed by atoms with E-state index in [1.165, 1.54) is 23.3 Å². The molecule has 1 atom stereocenters. The van der Waals surface area contributed by atoms with Crippen molar-refractivity contribution in [2.75, 3.05) is 19.0 Å². The predicted octanol–water partition coefficient (Wildman–Crippen LogP) is 6.36. The number of thiophene rings is 1. The van der Waals surface area contributed by atoms with E-state index < -0.39 is 0 Å². The molecule has 6 heteroatoms. The van der Waals surface area contributed by atoms with Gasteiger partial charge >= 0.3 is 5.97 Å². The number of esters is 1. The van der Waals surface area contributed by atoms with Gasteiger partial charge in [-0.15, -0.1) is 11.3 Å². The van der Waals surface area contributed by atoms with Gasteiger partial charge in [0.1, 0.15) is 10.8 Å². The SMILES string of the molecule is CCC(C)(C)C1CCc2c(sc(NC(=O)c3ccc(OCC(C)C)cc3)c2C(=O)OC)C1. The second-order valence-corrected chi connectivity index (χ2v) is 10.8. The van der Waals surface area contributed by atoms with Crippen molar-refractivity contribution in [1.82, 2.24) is 0 Å². The molecule has 1 aliphatic carbocycles. The van der Waals surface area contributed by atoms with E-state index in [1.807, 2.05) is 0 Å². The van der Waals surface area contributed by atoms with Crippen molar-refractivity contribution in [2.24, 2.45) is 17.3 Å². The monoisotopic (exact) mass is 457 g/mol. The number of ether oxygens (including phenoxy) is 2. The number of amides is 1. The maximum atomic E-state index is 12.9. The van der Waals surface area contributed by atoms with Crippen LogP contribution in [0.5, 0.6) is 5.75 Å². The first-order valence-corrected chi connectivity index (χ1v) is 12.2. The molecule has 0 saturated carbocycles. The van der Waals surface area contributed by atoms with Crippen LogP contribution in [0.3, 0.4) is 0 Å². The lowest BCUT2D eigenvalue weighted by molar-refractivity contribution is 0.0600. The molecule has 32 heavy (non-hydrogen) atoms. The van der Waals surface area contributed by atoms with Gasteiger partial charge in [-0.2, -0.15) is 0 Å². The summed E-state index contributed by atoms with van der Waals surface area (Å²) < 4.78 is 10.8. The number of rotatable bonds is 8. The topological polar surface area (TPSA) is 64.6 Å². The standard InChI is InChI=1S/C26H35NO4S/c1-7-26(4,5)18-10-13-20-21(14-18)32-24(22(20)25(29)30-6)27-23(28)17-8-11-19(12-9-17)31-15-16(2)3/h8-9,11-12,16,18H,7,10,13-15H2,1-6H3,(H,27,28). The van der Waals surface area contributed by atoms with Crippen molar-refractivity contribution in [2.45, 2.75) is 60.3 Å². The minimum absolute atomic E-state index is 0.241. The molecule has 1 amide bonds. The normalized spacial score (nSPS) is 15.9. The molecule has 1 N–H and O–H groups in total. The largest absolute Gasteiger partial charge is 0.493 e. The molecule has 0 saturated heterocycles. The van der Waals surface area contributed by atoms with E-state index in [0.29, 0.717) is 34.6 Å². The Morgan fingerprint density at radius 1 is 1.22 bits per heavy atom. The highest BCUT2D eigenvalue weighted by atomic mass is 32.1. The van der Waals surface area contributed by atoms with E-state index in [9.17, 15) is 9.59 Å². The maximum absolute atomic E-state index is 12.9. The molecule has 5 nitrogen and oxygen atoms in total. The fraction of sp³-hybridized carbons (Fsp3) is 0.538. The van der Waals surface area contributed by atoms with Crippen molar-refractivity contribution in [3.8, 4) is 5.75 Å². The minimum Gasteiger partial charge on any atom is -0.493 e.